The molecule has 0 saturated heterocycles. The highest BCUT2D eigenvalue weighted by Gasteiger charge is 2.14. The Balaban J connectivity index is 2.58. The molecule has 2 heterocycles. The molecule has 0 aliphatic heterocycles. The number of aryl methyl sites for hydroxylation is 1. The summed E-state index contributed by atoms with van der Waals surface area (Å²) in [6, 6.07) is 5.78. The molecule has 0 saturated carbocycles. The second-order valence-corrected chi connectivity index (χ2v) is 3.94. The summed E-state index contributed by atoms with van der Waals surface area (Å²) in [5, 5.41) is 4.31. The molecule has 15 heavy (non-hydrogen) atoms. The number of halogens is 1. The van der Waals surface area contributed by atoms with Crippen LogP contribution >= 0.6 is 15.9 Å². The van der Waals surface area contributed by atoms with Crippen LogP contribution in [0.4, 0.5) is 0 Å². The molecule has 78 valence electrons. The zero-order chi connectivity index (χ0) is 10.8. The van der Waals surface area contributed by atoms with Gasteiger partial charge in [-0.05, 0) is 28.1 Å². The Bertz CT molecular complexity index is 464. The fraction of sp³-hybridized carbons (Fsp3) is 0.200. The molecule has 0 unspecified atom stereocenters. The van der Waals surface area contributed by atoms with E-state index in [-0.39, 0.29) is 0 Å². The van der Waals surface area contributed by atoms with E-state index in [4.69, 9.17) is 5.73 Å². The van der Waals surface area contributed by atoms with Gasteiger partial charge in [-0.3, -0.25) is 9.67 Å². The van der Waals surface area contributed by atoms with Gasteiger partial charge in [0.25, 0.3) is 0 Å². The van der Waals surface area contributed by atoms with E-state index < -0.39 is 0 Å². The molecular weight excluding hydrogens is 256 g/mol. The quantitative estimate of drug-likeness (QED) is 0.901. The third-order valence-electron chi connectivity index (χ3n) is 2.16. The molecule has 0 atom stereocenters. The minimum atomic E-state index is 0.418. The average Bonchev–Trinajstić information content (AvgIpc) is 2.55. The lowest BCUT2D eigenvalue weighted by molar-refractivity contribution is 0.747. The summed E-state index contributed by atoms with van der Waals surface area (Å²) in [4.78, 5) is 4.29. The van der Waals surface area contributed by atoms with Crippen LogP contribution in [0.1, 0.15) is 5.69 Å². The van der Waals surface area contributed by atoms with Gasteiger partial charge in [0, 0.05) is 19.8 Å². The molecule has 2 aromatic rings. The molecule has 0 spiro atoms. The maximum absolute atomic E-state index is 5.58. The number of nitrogens with zero attached hydrogens (tertiary/aromatic N) is 3. The van der Waals surface area contributed by atoms with Crippen LogP contribution in [0, 0.1) is 0 Å². The number of hydrogen-bond donors (Lipinski definition) is 1. The van der Waals surface area contributed by atoms with Crippen molar-refractivity contribution in [3.63, 3.8) is 0 Å². The van der Waals surface area contributed by atoms with Crippen LogP contribution in [-0.2, 0) is 13.6 Å². The van der Waals surface area contributed by atoms with Gasteiger partial charge in [-0.1, -0.05) is 6.07 Å². The number of rotatable bonds is 2. The second kappa shape index (κ2) is 4.12. The molecule has 0 aliphatic rings. The van der Waals surface area contributed by atoms with E-state index >= 15 is 0 Å². The van der Waals surface area contributed by atoms with Gasteiger partial charge in [-0.15, -0.1) is 0 Å². The van der Waals surface area contributed by atoms with Gasteiger partial charge >= 0.3 is 0 Å². The standard InChI is InChI=1S/C10H11BrN4/c1-15-10(7-4-2-3-5-13-7)9(11)8(6-12)14-15/h2-5H,6,12H2,1H3. The molecule has 0 aliphatic carbocycles. The third-order valence-corrected chi connectivity index (χ3v) is 2.99. The Kier molecular flexibility index (Phi) is 2.83. The highest BCUT2D eigenvalue weighted by Crippen LogP contribution is 2.28. The Hall–Kier alpha value is -1.20. The third kappa shape index (κ3) is 1.80. The van der Waals surface area contributed by atoms with Crippen LogP contribution in [-0.4, -0.2) is 14.8 Å². The average molecular weight is 267 g/mol. The Morgan fingerprint density at radius 1 is 1.47 bits per heavy atom. The van der Waals surface area contributed by atoms with Crippen molar-refractivity contribution in [1.82, 2.24) is 14.8 Å². The molecule has 2 rings (SSSR count). The number of aromatic nitrogens is 3. The summed E-state index contributed by atoms with van der Waals surface area (Å²) < 4.78 is 2.71. The van der Waals surface area contributed by atoms with E-state index in [1.165, 1.54) is 0 Å². The first kappa shape index (κ1) is 10.3. The van der Waals surface area contributed by atoms with Gasteiger partial charge in [0.05, 0.1) is 15.9 Å². The lowest BCUT2D eigenvalue weighted by Crippen LogP contribution is -1.99. The highest BCUT2D eigenvalue weighted by atomic mass is 79.9. The minimum Gasteiger partial charge on any atom is -0.325 e. The van der Waals surface area contributed by atoms with Crippen LogP contribution in [0.15, 0.2) is 28.9 Å². The summed E-state index contributed by atoms with van der Waals surface area (Å²) >= 11 is 3.50. The molecule has 2 N–H and O–H groups in total. The molecular formula is C10H11BrN4. The van der Waals surface area contributed by atoms with Gasteiger partial charge in [0.2, 0.25) is 0 Å². The zero-order valence-electron chi connectivity index (χ0n) is 8.31. The van der Waals surface area contributed by atoms with Crippen LogP contribution in [0.2, 0.25) is 0 Å². The highest BCUT2D eigenvalue weighted by molar-refractivity contribution is 9.10. The molecule has 0 fully saturated rings. The predicted octanol–water partition coefficient (Wildman–Crippen LogP) is 1.70. The minimum absolute atomic E-state index is 0.418. The molecule has 0 bridgehead atoms. The predicted molar refractivity (Wildman–Crippen MR) is 62.0 cm³/mol. The van der Waals surface area contributed by atoms with E-state index in [2.05, 4.69) is 26.0 Å². The Labute approximate surface area is 96.3 Å². The van der Waals surface area contributed by atoms with E-state index in [0.717, 1.165) is 21.6 Å². The lowest BCUT2D eigenvalue weighted by Gasteiger charge is -2.00. The smallest absolute Gasteiger partial charge is 0.101 e. The number of hydrogen-bond acceptors (Lipinski definition) is 3. The fourth-order valence-corrected chi connectivity index (χ4v) is 2.17. The van der Waals surface area contributed by atoms with Crippen LogP contribution < -0.4 is 5.73 Å². The van der Waals surface area contributed by atoms with E-state index in [1.54, 1.807) is 10.9 Å². The van der Waals surface area contributed by atoms with Crippen molar-refractivity contribution in [2.75, 3.05) is 0 Å². The van der Waals surface area contributed by atoms with Crippen LogP contribution in [0.5, 0.6) is 0 Å². The van der Waals surface area contributed by atoms with Gasteiger partial charge in [0.15, 0.2) is 0 Å². The monoisotopic (exact) mass is 266 g/mol. The molecule has 2 aromatic heterocycles. The summed E-state index contributed by atoms with van der Waals surface area (Å²) in [6.07, 6.45) is 1.76. The summed E-state index contributed by atoms with van der Waals surface area (Å²) in [5.74, 6) is 0. The molecule has 0 aromatic carbocycles. The Morgan fingerprint density at radius 2 is 2.27 bits per heavy atom. The maximum atomic E-state index is 5.58. The van der Waals surface area contributed by atoms with E-state index in [9.17, 15) is 0 Å². The van der Waals surface area contributed by atoms with Crippen molar-refractivity contribution >= 4 is 15.9 Å². The van der Waals surface area contributed by atoms with Crippen LogP contribution in [0.25, 0.3) is 11.4 Å². The zero-order valence-corrected chi connectivity index (χ0v) is 9.90. The first-order valence-corrected chi connectivity index (χ1v) is 5.36. The topological polar surface area (TPSA) is 56.7 Å². The molecule has 0 amide bonds. The SMILES string of the molecule is Cn1nc(CN)c(Br)c1-c1ccccn1. The normalized spacial score (nSPS) is 10.6. The molecule has 4 nitrogen and oxygen atoms in total. The summed E-state index contributed by atoms with van der Waals surface area (Å²) in [6.45, 7) is 0.418. The fourth-order valence-electron chi connectivity index (χ4n) is 1.47. The largest absolute Gasteiger partial charge is 0.325 e. The van der Waals surface area contributed by atoms with E-state index in [0.29, 0.717) is 6.54 Å². The first-order valence-electron chi connectivity index (χ1n) is 4.57. The van der Waals surface area contributed by atoms with Gasteiger partial charge < -0.3 is 5.73 Å². The van der Waals surface area contributed by atoms with Crippen molar-refractivity contribution < 1.29 is 0 Å². The summed E-state index contributed by atoms with van der Waals surface area (Å²) in [5.41, 5.74) is 8.27. The van der Waals surface area contributed by atoms with Crippen molar-refractivity contribution in [2.24, 2.45) is 12.8 Å². The van der Waals surface area contributed by atoms with Crippen molar-refractivity contribution in [2.45, 2.75) is 6.54 Å². The second-order valence-electron chi connectivity index (χ2n) is 3.15. The lowest BCUT2D eigenvalue weighted by atomic mass is 10.2. The number of nitrogens with two attached hydrogens (primary N) is 1. The van der Waals surface area contributed by atoms with Gasteiger partial charge in [-0.25, -0.2) is 0 Å². The van der Waals surface area contributed by atoms with Crippen LogP contribution in [0.3, 0.4) is 0 Å². The van der Waals surface area contributed by atoms with Crippen molar-refractivity contribution in [3.05, 3.63) is 34.6 Å². The summed E-state index contributed by atoms with van der Waals surface area (Å²) in [7, 11) is 1.88. The van der Waals surface area contributed by atoms with Crippen molar-refractivity contribution in [3.8, 4) is 11.4 Å². The maximum Gasteiger partial charge on any atom is 0.101 e. The first-order chi connectivity index (χ1) is 7.24. The van der Waals surface area contributed by atoms with Gasteiger partial charge in [0.1, 0.15) is 5.69 Å². The van der Waals surface area contributed by atoms with Gasteiger partial charge in [-0.2, -0.15) is 5.10 Å². The van der Waals surface area contributed by atoms with E-state index in [1.807, 2.05) is 25.2 Å². The Morgan fingerprint density at radius 3 is 2.80 bits per heavy atom. The molecule has 5 heteroatoms. The molecule has 0 radical (unpaired) electrons. The van der Waals surface area contributed by atoms with Crippen molar-refractivity contribution in [1.29, 1.82) is 0 Å². The number of pyridine rings is 1.